The average molecular weight is 273 g/mol. The van der Waals surface area contributed by atoms with E-state index in [9.17, 15) is 5.11 Å². The van der Waals surface area contributed by atoms with Crippen molar-refractivity contribution in [1.82, 2.24) is 5.32 Å². The van der Waals surface area contributed by atoms with Crippen LogP contribution in [0.25, 0.3) is 0 Å². The summed E-state index contributed by atoms with van der Waals surface area (Å²) < 4.78 is 0. The van der Waals surface area contributed by atoms with Gasteiger partial charge in [-0.05, 0) is 47.9 Å². The molecule has 3 heteroatoms. The fourth-order valence-corrected chi connectivity index (χ4v) is 3.77. The third-order valence-electron chi connectivity index (χ3n) is 4.18. The van der Waals surface area contributed by atoms with E-state index in [4.69, 9.17) is 0 Å². The Morgan fingerprint density at radius 1 is 1.32 bits per heavy atom. The summed E-state index contributed by atoms with van der Waals surface area (Å²) in [5.41, 5.74) is 3.71. The molecule has 0 spiro atoms. The van der Waals surface area contributed by atoms with Crippen LogP contribution >= 0.6 is 11.3 Å². The van der Waals surface area contributed by atoms with Gasteiger partial charge < -0.3 is 10.4 Å². The molecule has 0 amide bonds. The summed E-state index contributed by atoms with van der Waals surface area (Å²) in [7, 11) is 0. The van der Waals surface area contributed by atoms with Gasteiger partial charge in [0.25, 0.3) is 0 Å². The Morgan fingerprint density at radius 3 is 2.89 bits per heavy atom. The van der Waals surface area contributed by atoms with Crippen LogP contribution in [0.15, 0.2) is 35.7 Å². The van der Waals surface area contributed by atoms with Crippen LogP contribution in [0.3, 0.4) is 0 Å². The maximum absolute atomic E-state index is 9.90. The first-order valence-electron chi connectivity index (χ1n) is 6.72. The molecule has 0 aliphatic heterocycles. The van der Waals surface area contributed by atoms with Gasteiger partial charge in [-0.15, -0.1) is 11.3 Å². The smallest absolute Gasteiger partial charge is 0.0677 e. The van der Waals surface area contributed by atoms with Crippen LogP contribution in [0.1, 0.15) is 28.0 Å². The first kappa shape index (κ1) is 12.9. The molecule has 1 unspecified atom stereocenters. The summed E-state index contributed by atoms with van der Waals surface area (Å²) in [6.07, 6.45) is 2.03. The van der Waals surface area contributed by atoms with Gasteiger partial charge in [-0.25, -0.2) is 0 Å². The largest absolute Gasteiger partial charge is 0.394 e. The molecule has 0 fully saturated rings. The molecular formula is C16H19NOS. The zero-order valence-corrected chi connectivity index (χ0v) is 12.0. The average Bonchev–Trinajstić information content (AvgIpc) is 3.01. The molecular weight excluding hydrogens is 254 g/mol. The number of hydrogen-bond acceptors (Lipinski definition) is 3. The summed E-state index contributed by atoms with van der Waals surface area (Å²) in [5.74, 6) is 0. The lowest BCUT2D eigenvalue weighted by Gasteiger charge is -2.29. The highest BCUT2D eigenvalue weighted by molar-refractivity contribution is 7.10. The van der Waals surface area contributed by atoms with E-state index in [0.29, 0.717) is 0 Å². The fraction of sp³-hybridized carbons (Fsp3) is 0.375. The molecule has 3 rings (SSSR count). The molecule has 1 aliphatic carbocycles. The van der Waals surface area contributed by atoms with E-state index in [0.717, 1.165) is 19.4 Å². The summed E-state index contributed by atoms with van der Waals surface area (Å²) in [5, 5.41) is 15.6. The Bertz CT molecular complexity index is 578. The van der Waals surface area contributed by atoms with Gasteiger partial charge in [-0.3, -0.25) is 0 Å². The van der Waals surface area contributed by atoms with E-state index in [1.165, 1.54) is 21.6 Å². The van der Waals surface area contributed by atoms with Crippen molar-refractivity contribution in [3.8, 4) is 0 Å². The molecule has 100 valence electrons. The summed E-state index contributed by atoms with van der Waals surface area (Å²) in [6, 6.07) is 10.6. The van der Waals surface area contributed by atoms with Crippen molar-refractivity contribution in [1.29, 1.82) is 0 Å². The number of aryl methyl sites for hydroxylation is 2. The lowest BCUT2D eigenvalue weighted by atomic mass is 9.92. The van der Waals surface area contributed by atoms with Gasteiger partial charge in [-0.1, -0.05) is 24.3 Å². The monoisotopic (exact) mass is 273 g/mol. The molecule has 2 nitrogen and oxygen atoms in total. The SMILES string of the molecule is Cc1ccsc1CNC1(CO)CCc2ccccc21. The van der Waals surface area contributed by atoms with Crippen molar-refractivity contribution in [2.75, 3.05) is 6.61 Å². The minimum atomic E-state index is -0.257. The number of thiophene rings is 1. The van der Waals surface area contributed by atoms with Gasteiger partial charge in [-0.2, -0.15) is 0 Å². The number of aliphatic hydroxyl groups is 1. The lowest BCUT2D eigenvalue weighted by molar-refractivity contribution is 0.159. The standard InChI is InChI=1S/C16H19NOS/c1-12-7-9-19-15(12)10-17-16(11-18)8-6-13-4-2-3-5-14(13)16/h2-5,7,9,17-18H,6,8,10-11H2,1H3. The van der Waals surface area contributed by atoms with Gasteiger partial charge in [0.2, 0.25) is 0 Å². The second-order valence-electron chi connectivity index (χ2n) is 5.28. The van der Waals surface area contributed by atoms with Crippen molar-refractivity contribution in [3.63, 3.8) is 0 Å². The highest BCUT2D eigenvalue weighted by Crippen LogP contribution is 2.37. The summed E-state index contributed by atoms with van der Waals surface area (Å²) in [6.45, 7) is 3.13. The number of fused-ring (bicyclic) bond motifs is 1. The highest BCUT2D eigenvalue weighted by Gasteiger charge is 2.37. The van der Waals surface area contributed by atoms with Crippen LogP contribution in [0, 0.1) is 6.92 Å². The van der Waals surface area contributed by atoms with Crippen LogP contribution in [0.4, 0.5) is 0 Å². The molecule has 2 aromatic rings. The van der Waals surface area contributed by atoms with Crippen molar-refractivity contribution < 1.29 is 5.11 Å². The molecule has 0 saturated carbocycles. The minimum Gasteiger partial charge on any atom is -0.394 e. The van der Waals surface area contributed by atoms with Gasteiger partial charge in [0, 0.05) is 11.4 Å². The number of benzene rings is 1. The molecule has 0 saturated heterocycles. The van der Waals surface area contributed by atoms with E-state index in [1.54, 1.807) is 11.3 Å². The predicted octanol–water partition coefficient (Wildman–Crippen LogP) is 2.98. The normalized spacial score (nSPS) is 21.6. The maximum Gasteiger partial charge on any atom is 0.0677 e. The number of aliphatic hydroxyl groups excluding tert-OH is 1. The maximum atomic E-state index is 9.90. The summed E-state index contributed by atoms with van der Waals surface area (Å²) in [4.78, 5) is 1.36. The van der Waals surface area contributed by atoms with Gasteiger partial charge in [0.05, 0.1) is 12.1 Å². The quantitative estimate of drug-likeness (QED) is 0.897. The molecule has 1 atom stereocenters. The second-order valence-corrected chi connectivity index (χ2v) is 6.28. The molecule has 1 aromatic carbocycles. The first-order chi connectivity index (χ1) is 9.25. The molecule has 1 aliphatic rings. The van der Waals surface area contributed by atoms with Crippen molar-refractivity contribution in [2.45, 2.75) is 31.8 Å². The molecule has 0 bridgehead atoms. The van der Waals surface area contributed by atoms with Gasteiger partial charge >= 0.3 is 0 Å². The van der Waals surface area contributed by atoms with E-state index < -0.39 is 0 Å². The Labute approximate surface area is 118 Å². The van der Waals surface area contributed by atoms with E-state index in [1.807, 2.05) is 0 Å². The molecule has 2 N–H and O–H groups in total. The Balaban J connectivity index is 1.84. The van der Waals surface area contributed by atoms with Crippen molar-refractivity contribution >= 4 is 11.3 Å². The third-order valence-corrected chi connectivity index (χ3v) is 5.20. The Morgan fingerprint density at radius 2 is 2.16 bits per heavy atom. The van der Waals surface area contributed by atoms with Crippen LogP contribution in [-0.4, -0.2) is 11.7 Å². The fourth-order valence-electron chi connectivity index (χ4n) is 2.93. The molecule has 0 radical (unpaired) electrons. The van der Waals surface area contributed by atoms with Gasteiger partial charge in [0.15, 0.2) is 0 Å². The molecule has 1 heterocycles. The zero-order chi connectivity index (χ0) is 13.3. The number of nitrogens with one attached hydrogen (secondary N) is 1. The van der Waals surface area contributed by atoms with E-state index >= 15 is 0 Å². The third kappa shape index (κ3) is 2.22. The van der Waals surface area contributed by atoms with Crippen LogP contribution in [-0.2, 0) is 18.5 Å². The number of hydrogen-bond donors (Lipinski definition) is 2. The number of rotatable bonds is 4. The van der Waals surface area contributed by atoms with Crippen molar-refractivity contribution in [3.05, 3.63) is 57.3 Å². The lowest BCUT2D eigenvalue weighted by Crippen LogP contribution is -2.43. The van der Waals surface area contributed by atoms with Gasteiger partial charge in [0.1, 0.15) is 0 Å². The van der Waals surface area contributed by atoms with E-state index in [-0.39, 0.29) is 12.1 Å². The topological polar surface area (TPSA) is 32.3 Å². The van der Waals surface area contributed by atoms with E-state index in [2.05, 4.69) is 48.0 Å². The highest BCUT2D eigenvalue weighted by atomic mass is 32.1. The zero-order valence-electron chi connectivity index (χ0n) is 11.1. The van der Waals surface area contributed by atoms with Crippen LogP contribution in [0.5, 0.6) is 0 Å². The minimum absolute atomic E-state index is 0.161. The van der Waals surface area contributed by atoms with Crippen LogP contribution < -0.4 is 5.32 Å². The second kappa shape index (κ2) is 5.08. The van der Waals surface area contributed by atoms with Crippen LogP contribution in [0.2, 0.25) is 0 Å². The molecule has 1 aromatic heterocycles. The Hall–Kier alpha value is -1.16. The first-order valence-corrected chi connectivity index (χ1v) is 7.60. The summed E-state index contributed by atoms with van der Waals surface area (Å²) >= 11 is 1.78. The molecule has 19 heavy (non-hydrogen) atoms. The predicted molar refractivity (Wildman–Crippen MR) is 79.4 cm³/mol. The van der Waals surface area contributed by atoms with Crippen molar-refractivity contribution in [2.24, 2.45) is 0 Å². The Kier molecular flexibility index (Phi) is 3.44.